The molecule has 6 nitrogen and oxygen atoms in total. The van der Waals surface area contributed by atoms with Gasteiger partial charge in [0.1, 0.15) is 0 Å². The first-order valence-electron chi connectivity index (χ1n) is 4.60. The molecule has 2 fully saturated rings. The SMILES string of the molecule is O=C1OC(=O)C2CC(S(=O)(=O)[O-])CCC12.[Li+]. The first kappa shape index (κ1) is 13.7. The number of fused-ring (bicyclic) bond motifs is 1. The van der Waals surface area contributed by atoms with Gasteiger partial charge in [-0.3, -0.25) is 9.59 Å². The van der Waals surface area contributed by atoms with Crippen LogP contribution in [0.5, 0.6) is 0 Å². The summed E-state index contributed by atoms with van der Waals surface area (Å²) in [6.07, 6.45) is 0.290. The third-order valence-corrected chi connectivity index (χ3v) is 4.26. The third kappa shape index (κ3) is 2.32. The van der Waals surface area contributed by atoms with Gasteiger partial charge >= 0.3 is 30.8 Å². The number of hydrogen-bond acceptors (Lipinski definition) is 6. The molecule has 1 aliphatic carbocycles. The maximum absolute atomic E-state index is 11.2. The summed E-state index contributed by atoms with van der Waals surface area (Å²) < 4.78 is 36.7. The first-order valence-corrected chi connectivity index (χ1v) is 6.07. The second-order valence-electron chi connectivity index (χ2n) is 3.88. The summed E-state index contributed by atoms with van der Waals surface area (Å²) in [5.74, 6) is -2.57. The Morgan fingerprint density at radius 3 is 2.25 bits per heavy atom. The van der Waals surface area contributed by atoms with Crippen molar-refractivity contribution in [3.05, 3.63) is 0 Å². The number of carbonyl (C=O) groups excluding carboxylic acids is 2. The summed E-state index contributed by atoms with van der Waals surface area (Å²) >= 11 is 0. The van der Waals surface area contributed by atoms with Crippen molar-refractivity contribution in [2.75, 3.05) is 0 Å². The van der Waals surface area contributed by atoms with Crippen LogP contribution in [0.3, 0.4) is 0 Å². The average molecular weight is 240 g/mol. The maximum atomic E-state index is 11.2. The first-order chi connectivity index (χ1) is 6.89. The normalized spacial score (nSPS) is 33.9. The fraction of sp³-hybridized carbons (Fsp3) is 0.750. The molecule has 8 heteroatoms. The number of carbonyl (C=O) groups is 2. The van der Waals surface area contributed by atoms with Crippen molar-refractivity contribution in [1.29, 1.82) is 0 Å². The van der Waals surface area contributed by atoms with Gasteiger partial charge in [-0.2, -0.15) is 0 Å². The molecule has 0 bridgehead atoms. The Morgan fingerprint density at radius 1 is 1.12 bits per heavy atom. The predicted molar refractivity (Wildman–Crippen MR) is 45.4 cm³/mol. The molecular formula is C8H9LiO6S. The van der Waals surface area contributed by atoms with Crippen LogP contribution < -0.4 is 18.9 Å². The molecule has 0 radical (unpaired) electrons. The monoisotopic (exact) mass is 240 g/mol. The minimum absolute atomic E-state index is 0. The third-order valence-electron chi connectivity index (χ3n) is 3.02. The van der Waals surface area contributed by atoms with Gasteiger partial charge in [-0.15, -0.1) is 0 Å². The van der Waals surface area contributed by atoms with Crippen molar-refractivity contribution in [3.8, 4) is 0 Å². The van der Waals surface area contributed by atoms with Gasteiger partial charge in [0, 0.05) is 0 Å². The molecule has 0 aromatic carbocycles. The van der Waals surface area contributed by atoms with Gasteiger partial charge in [-0.1, -0.05) is 0 Å². The zero-order chi connectivity index (χ0) is 11.2. The number of hydrogen-bond donors (Lipinski definition) is 0. The molecular weight excluding hydrogens is 231 g/mol. The van der Waals surface area contributed by atoms with Crippen molar-refractivity contribution in [1.82, 2.24) is 0 Å². The Hall–Kier alpha value is -0.353. The van der Waals surface area contributed by atoms with Crippen LogP contribution in [0.2, 0.25) is 0 Å². The molecule has 1 saturated heterocycles. The van der Waals surface area contributed by atoms with E-state index in [2.05, 4.69) is 4.74 Å². The molecule has 3 unspecified atom stereocenters. The molecule has 2 rings (SSSR count). The largest absolute Gasteiger partial charge is 1.00 e. The van der Waals surface area contributed by atoms with E-state index in [1.165, 1.54) is 0 Å². The Morgan fingerprint density at radius 2 is 1.69 bits per heavy atom. The molecule has 1 saturated carbocycles. The van der Waals surface area contributed by atoms with Gasteiger partial charge in [-0.25, -0.2) is 8.42 Å². The molecule has 0 spiro atoms. The Labute approximate surface area is 105 Å². The van der Waals surface area contributed by atoms with Gasteiger partial charge in [0.2, 0.25) is 0 Å². The van der Waals surface area contributed by atoms with E-state index >= 15 is 0 Å². The number of cyclic esters (lactones) is 2. The zero-order valence-electron chi connectivity index (χ0n) is 8.71. The minimum atomic E-state index is -4.37. The van der Waals surface area contributed by atoms with Crippen LogP contribution in [0.1, 0.15) is 19.3 Å². The standard InChI is InChI=1S/C8H10O6S.Li/c9-7-5-2-1-4(15(11,12)13)3-6(5)8(10)14-7;/h4-6H,1-3H2,(H,11,12,13);/q;+1/p-1. The van der Waals surface area contributed by atoms with Gasteiger partial charge < -0.3 is 9.29 Å². The van der Waals surface area contributed by atoms with Crippen molar-refractivity contribution >= 4 is 22.1 Å². The zero-order valence-corrected chi connectivity index (χ0v) is 9.53. The average Bonchev–Trinajstić information content (AvgIpc) is 2.41. The second-order valence-corrected chi connectivity index (χ2v) is 5.53. The summed E-state index contributed by atoms with van der Waals surface area (Å²) in [7, 11) is -4.37. The predicted octanol–water partition coefficient (Wildman–Crippen LogP) is -3.60. The van der Waals surface area contributed by atoms with Crippen LogP contribution in [-0.4, -0.2) is 30.2 Å². The fourth-order valence-corrected chi connectivity index (χ4v) is 3.06. The van der Waals surface area contributed by atoms with Crippen LogP contribution >= 0.6 is 0 Å². The van der Waals surface area contributed by atoms with E-state index in [4.69, 9.17) is 0 Å². The smallest absolute Gasteiger partial charge is 0.748 e. The van der Waals surface area contributed by atoms with Gasteiger partial charge in [0.15, 0.2) is 0 Å². The molecule has 1 heterocycles. The minimum Gasteiger partial charge on any atom is -0.748 e. The van der Waals surface area contributed by atoms with Crippen molar-refractivity contribution in [2.45, 2.75) is 24.5 Å². The van der Waals surface area contributed by atoms with Crippen molar-refractivity contribution in [2.24, 2.45) is 11.8 Å². The molecule has 84 valence electrons. The van der Waals surface area contributed by atoms with Crippen molar-refractivity contribution in [3.63, 3.8) is 0 Å². The van der Waals surface area contributed by atoms with Crippen LogP contribution in [0.25, 0.3) is 0 Å². The molecule has 2 aliphatic rings. The molecule has 1 aliphatic heterocycles. The topological polar surface area (TPSA) is 101 Å². The Bertz CT molecular complexity index is 416. The molecule has 3 atom stereocenters. The Balaban J connectivity index is 0.00000128. The summed E-state index contributed by atoms with van der Waals surface area (Å²) in [5.41, 5.74) is 0. The van der Waals surface area contributed by atoms with Gasteiger partial charge in [-0.05, 0) is 19.3 Å². The Kier molecular flexibility index (Phi) is 3.85. The number of rotatable bonds is 1. The summed E-state index contributed by atoms with van der Waals surface area (Å²) in [6.45, 7) is 0. The molecule has 0 aromatic heterocycles. The summed E-state index contributed by atoms with van der Waals surface area (Å²) in [6, 6.07) is 0. The van der Waals surface area contributed by atoms with E-state index in [1.807, 2.05) is 0 Å². The van der Waals surface area contributed by atoms with E-state index in [-0.39, 0.29) is 38.1 Å². The summed E-state index contributed by atoms with van der Waals surface area (Å²) in [4.78, 5) is 22.3. The van der Waals surface area contributed by atoms with Crippen LogP contribution in [0.15, 0.2) is 0 Å². The fourth-order valence-electron chi connectivity index (χ4n) is 2.19. The van der Waals surface area contributed by atoms with Crippen molar-refractivity contribution < 1.29 is 46.2 Å². The quantitative estimate of drug-likeness (QED) is 0.203. The van der Waals surface area contributed by atoms with Crippen LogP contribution in [-0.2, 0) is 24.4 Å². The molecule has 0 aromatic rings. The molecule has 0 N–H and O–H groups in total. The van der Waals surface area contributed by atoms with Gasteiger partial charge in [0.25, 0.3) is 0 Å². The van der Waals surface area contributed by atoms with Crippen LogP contribution in [0, 0.1) is 11.8 Å². The van der Waals surface area contributed by atoms with E-state index < -0.39 is 39.1 Å². The van der Waals surface area contributed by atoms with E-state index in [9.17, 15) is 22.6 Å². The maximum Gasteiger partial charge on any atom is 1.00 e. The number of esters is 2. The van der Waals surface area contributed by atoms with Gasteiger partial charge in [0.05, 0.1) is 27.2 Å². The van der Waals surface area contributed by atoms with E-state index in [0.29, 0.717) is 0 Å². The molecule has 0 amide bonds. The second kappa shape index (κ2) is 4.49. The molecule has 16 heavy (non-hydrogen) atoms. The van der Waals surface area contributed by atoms with E-state index in [0.717, 1.165) is 0 Å². The number of ether oxygens (including phenoxy) is 1. The van der Waals surface area contributed by atoms with Crippen LogP contribution in [0.4, 0.5) is 0 Å². The van der Waals surface area contributed by atoms with E-state index in [1.54, 1.807) is 0 Å². The summed E-state index contributed by atoms with van der Waals surface area (Å²) in [5, 5.41) is -1.06.